The Morgan fingerprint density at radius 3 is 2.41 bits per heavy atom. The molecule has 0 amide bonds. The molecule has 3 fully saturated rings. The number of likely N-dealkylation sites (tertiary alicyclic amines) is 1. The second-order valence-corrected chi connectivity index (χ2v) is 8.11. The highest BCUT2D eigenvalue weighted by atomic mass is 32.2. The van der Waals surface area contributed by atoms with E-state index in [9.17, 15) is 13.2 Å². The highest BCUT2D eigenvalue weighted by molar-refractivity contribution is 7.93. The summed E-state index contributed by atoms with van der Waals surface area (Å²) < 4.78 is 24.2. The molecule has 0 radical (unpaired) electrons. The van der Waals surface area contributed by atoms with Crippen molar-refractivity contribution >= 4 is 15.6 Å². The van der Waals surface area contributed by atoms with Crippen LogP contribution in [0.4, 0.5) is 0 Å². The molecule has 3 saturated heterocycles. The minimum absolute atomic E-state index is 0.252. The molecule has 0 aromatic rings. The first kappa shape index (κ1) is 11.7. The third kappa shape index (κ3) is 1.38. The average molecular weight is 257 g/mol. The molecular weight excluding hydrogens is 238 g/mol. The first-order valence-electron chi connectivity index (χ1n) is 6.52. The number of fused-ring (bicyclic) bond motifs is 2. The normalized spacial score (nSPS) is 44.6. The van der Waals surface area contributed by atoms with Crippen molar-refractivity contribution < 1.29 is 13.2 Å². The molecule has 0 N–H and O–H groups in total. The quantitative estimate of drug-likeness (QED) is 0.696. The standard InChI is InChI=1S/C12H19NO3S/c1-2-13-6-5-11(14)12(13)7-9-3-4-10(8-12)17(9,15)16/h9-10H,2-8H2,1H3. The summed E-state index contributed by atoms with van der Waals surface area (Å²) in [4.78, 5) is 14.4. The van der Waals surface area contributed by atoms with Gasteiger partial charge in [-0.15, -0.1) is 0 Å². The maximum absolute atomic E-state index is 12.2. The maximum atomic E-state index is 12.2. The number of nitrogens with zero attached hydrogens (tertiary/aromatic N) is 1. The van der Waals surface area contributed by atoms with E-state index in [1.165, 1.54) is 0 Å². The fourth-order valence-corrected chi connectivity index (χ4v) is 6.54. The number of carbonyl (C=O) groups is 1. The van der Waals surface area contributed by atoms with E-state index in [-0.39, 0.29) is 16.3 Å². The van der Waals surface area contributed by atoms with Crippen molar-refractivity contribution in [1.82, 2.24) is 4.90 Å². The second-order valence-electron chi connectivity index (χ2n) is 5.60. The van der Waals surface area contributed by atoms with E-state index >= 15 is 0 Å². The van der Waals surface area contributed by atoms with Gasteiger partial charge in [-0.05, 0) is 32.2 Å². The Morgan fingerprint density at radius 1 is 1.29 bits per heavy atom. The van der Waals surface area contributed by atoms with E-state index < -0.39 is 15.4 Å². The van der Waals surface area contributed by atoms with Gasteiger partial charge in [0.05, 0.1) is 16.0 Å². The van der Waals surface area contributed by atoms with E-state index in [1.807, 2.05) is 0 Å². The van der Waals surface area contributed by atoms with Crippen LogP contribution in [0.3, 0.4) is 0 Å². The summed E-state index contributed by atoms with van der Waals surface area (Å²) in [7, 11) is -2.93. The van der Waals surface area contributed by atoms with Gasteiger partial charge in [-0.1, -0.05) is 6.92 Å². The van der Waals surface area contributed by atoms with Crippen molar-refractivity contribution in [3.63, 3.8) is 0 Å². The van der Waals surface area contributed by atoms with Crippen molar-refractivity contribution in [1.29, 1.82) is 0 Å². The van der Waals surface area contributed by atoms with Gasteiger partial charge in [0.2, 0.25) is 0 Å². The zero-order chi connectivity index (χ0) is 12.3. The Morgan fingerprint density at radius 2 is 1.88 bits per heavy atom. The zero-order valence-corrected chi connectivity index (χ0v) is 11.0. The summed E-state index contributed by atoms with van der Waals surface area (Å²) in [6.07, 6.45) is 3.24. The second kappa shape index (κ2) is 3.54. The van der Waals surface area contributed by atoms with Crippen molar-refractivity contribution in [2.24, 2.45) is 0 Å². The number of carbonyl (C=O) groups excluding carboxylic acids is 1. The van der Waals surface area contributed by atoms with Gasteiger partial charge in [-0.25, -0.2) is 8.42 Å². The van der Waals surface area contributed by atoms with Crippen molar-refractivity contribution in [2.75, 3.05) is 13.1 Å². The van der Waals surface area contributed by atoms with Crippen LogP contribution in [0.25, 0.3) is 0 Å². The third-order valence-corrected chi connectivity index (χ3v) is 7.65. The van der Waals surface area contributed by atoms with Crippen LogP contribution in [-0.2, 0) is 14.6 Å². The Balaban J connectivity index is 1.99. The topological polar surface area (TPSA) is 54.5 Å². The number of hydrogen-bond acceptors (Lipinski definition) is 4. The lowest BCUT2D eigenvalue weighted by molar-refractivity contribution is -0.126. The van der Waals surface area contributed by atoms with Gasteiger partial charge in [0.1, 0.15) is 0 Å². The van der Waals surface area contributed by atoms with Gasteiger partial charge in [-0.3, -0.25) is 9.69 Å². The fourth-order valence-electron chi connectivity index (χ4n) is 4.05. The number of sulfone groups is 1. The van der Waals surface area contributed by atoms with Crippen molar-refractivity contribution in [3.05, 3.63) is 0 Å². The summed E-state index contributed by atoms with van der Waals surface area (Å²) in [6, 6.07) is 0. The van der Waals surface area contributed by atoms with Crippen LogP contribution in [0.15, 0.2) is 0 Å². The number of hydrogen-bond donors (Lipinski definition) is 0. The van der Waals surface area contributed by atoms with E-state index in [4.69, 9.17) is 0 Å². The van der Waals surface area contributed by atoms with Crippen molar-refractivity contribution in [2.45, 2.75) is 55.1 Å². The molecule has 3 aliphatic rings. The molecule has 5 heteroatoms. The molecule has 3 aliphatic heterocycles. The molecular formula is C12H19NO3S. The van der Waals surface area contributed by atoms with Gasteiger partial charge in [0, 0.05) is 13.0 Å². The van der Waals surface area contributed by atoms with Crippen molar-refractivity contribution in [3.8, 4) is 0 Å². The van der Waals surface area contributed by atoms with Gasteiger partial charge in [0.25, 0.3) is 0 Å². The number of Topliss-reactive ketones (excluding diaryl/α,β-unsaturated/α-hetero) is 1. The third-order valence-electron chi connectivity index (χ3n) is 4.99. The Labute approximate surface area is 102 Å². The van der Waals surface area contributed by atoms with Crippen LogP contribution in [0, 0.1) is 0 Å². The minimum atomic E-state index is -2.93. The van der Waals surface area contributed by atoms with Gasteiger partial charge >= 0.3 is 0 Å². The van der Waals surface area contributed by atoms with Gasteiger partial charge in [0.15, 0.2) is 15.6 Å². The molecule has 1 spiro atoms. The Hall–Kier alpha value is -0.420. The zero-order valence-electron chi connectivity index (χ0n) is 10.2. The highest BCUT2D eigenvalue weighted by Crippen LogP contribution is 2.48. The largest absolute Gasteiger partial charge is 0.298 e. The molecule has 0 saturated carbocycles. The number of rotatable bonds is 1. The van der Waals surface area contributed by atoms with E-state index in [2.05, 4.69) is 11.8 Å². The van der Waals surface area contributed by atoms with Crippen LogP contribution in [-0.4, -0.2) is 48.2 Å². The van der Waals surface area contributed by atoms with E-state index in [1.54, 1.807) is 0 Å². The monoisotopic (exact) mass is 257 g/mol. The first-order valence-corrected chi connectivity index (χ1v) is 8.13. The van der Waals surface area contributed by atoms with Crippen LogP contribution in [0.1, 0.15) is 39.0 Å². The van der Waals surface area contributed by atoms with Gasteiger partial charge in [-0.2, -0.15) is 0 Å². The summed E-state index contributed by atoms with van der Waals surface area (Å²) in [5.41, 5.74) is -0.425. The lowest BCUT2D eigenvalue weighted by Crippen LogP contribution is -2.56. The lowest BCUT2D eigenvalue weighted by Gasteiger charge is -2.42. The van der Waals surface area contributed by atoms with Crippen LogP contribution in [0.2, 0.25) is 0 Å². The Bertz CT molecular complexity index is 436. The summed E-state index contributed by atoms with van der Waals surface area (Å²) >= 11 is 0. The smallest absolute Gasteiger partial charge is 0.156 e. The number of likely N-dealkylation sites (N-methyl/N-ethyl adjacent to an activating group) is 1. The molecule has 0 aromatic heterocycles. The first-order chi connectivity index (χ1) is 8.00. The van der Waals surface area contributed by atoms with Crippen LogP contribution in [0.5, 0.6) is 0 Å². The molecule has 2 bridgehead atoms. The highest BCUT2D eigenvalue weighted by Gasteiger charge is 2.59. The SMILES string of the molecule is CCN1CCC(=O)C12CC1CCC(C2)S1(=O)=O. The molecule has 17 heavy (non-hydrogen) atoms. The molecule has 2 unspecified atom stereocenters. The molecule has 3 rings (SSSR count). The van der Waals surface area contributed by atoms with Gasteiger partial charge < -0.3 is 0 Å². The van der Waals surface area contributed by atoms with E-state index in [0.717, 1.165) is 25.9 Å². The summed E-state index contributed by atoms with van der Waals surface area (Å²) in [6.45, 7) is 3.73. The summed E-state index contributed by atoms with van der Waals surface area (Å²) in [5, 5.41) is -0.505. The molecule has 3 heterocycles. The molecule has 4 nitrogen and oxygen atoms in total. The number of ketones is 1. The molecule has 0 aromatic carbocycles. The van der Waals surface area contributed by atoms with Crippen LogP contribution < -0.4 is 0 Å². The lowest BCUT2D eigenvalue weighted by atomic mass is 9.85. The predicted octanol–water partition coefficient (Wildman–Crippen LogP) is 0.759. The fraction of sp³-hybridized carbons (Fsp3) is 0.917. The predicted molar refractivity (Wildman–Crippen MR) is 64.6 cm³/mol. The minimum Gasteiger partial charge on any atom is -0.298 e. The summed E-state index contributed by atoms with van der Waals surface area (Å²) in [5.74, 6) is 0.283. The molecule has 2 atom stereocenters. The molecule has 0 aliphatic carbocycles. The average Bonchev–Trinajstić information content (AvgIpc) is 2.62. The Kier molecular flexibility index (Phi) is 2.43. The van der Waals surface area contributed by atoms with E-state index in [0.29, 0.717) is 19.3 Å². The van der Waals surface area contributed by atoms with Crippen LogP contribution >= 0.6 is 0 Å². The molecule has 96 valence electrons. The maximum Gasteiger partial charge on any atom is 0.156 e.